The third-order valence-electron chi connectivity index (χ3n) is 3.18. The second kappa shape index (κ2) is 5.12. The minimum atomic E-state index is -0.406. The van der Waals surface area contributed by atoms with Crippen LogP contribution >= 0.6 is 11.6 Å². The molecule has 1 aromatic heterocycles. The van der Waals surface area contributed by atoms with Crippen molar-refractivity contribution >= 4 is 11.6 Å². The Bertz CT molecular complexity index is 628. The molecule has 0 spiro atoms. The Balaban J connectivity index is 1.72. The van der Waals surface area contributed by atoms with Gasteiger partial charge in [-0.3, -0.25) is 0 Å². The lowest BCUT2D eigenvalue weighted by Gasteiger charge is -2.38. The molecule has 1 aromatic carbocycles. The van der Waals surface area contributed by atoms with Crippen molar-refractivity contribution in [1.29, 1.82) is 0 Å². The van der Waals surface area contributed by atoms with Gasteiger partial charge in [0.1, 0.15) is 12.4 Å². The van der Waals surface area contributed by atoms with Gasteiger partial charge in [-0.05, 0) is 25.1 Å². The Kier molecular flexibility index (Phi) is 3.45. The Hall–Kier alpha value is -1.50. The molecule has 0 bridgehead atoms. The van der Waals surface area contributed by atoms with Crippen molar-refractivity contribution in [3.05, 3.63) is 34.9 Å². The number of hydrogen-bond donors (Lipinski definition) is 1. The van der Waals surface area contributed by atoms with Gasteiger partial charge in [-0.1, -0.05) is 16.8 Å². The number of aromatic nitrogens is 2. The maximum Gasteiger partial charge on any atom is 0.252 e. The molecular weight excluding hydrogens is 285 g/mol. The van der Waals surface area contributed by atoms with Crippen LogP contribution in [0.25, 0.3) is 11.4 Å². The quantitative estimate of drug-likeness (QED) is 0.939. The third-order valence-corrected chi connectivity index (χ3v) is 3.49. The molecule has 0 aliphatic carbocycles. The van der Waals surface area contributed by atoms with E-state index in [2.05, 4.69) is 15.5 Å². The Morgan fingerprint density at radius 1 is 1.50 bits per heavy atom. The molecule has 1 aliphatic heterocycles. The van der Waals surface area contributed by atoms with Crippen molar-refractivity contribution in [2.75, 3.05) is 13.1 Å². The highest BCUT2D eigenvalue weighted by Gasteiger charge is 2.33. The van der Waals surface area contributed by atoms with Gasteiger partial charge in [0.15, 0.2) is 0 Å². The van der Waals surface area contributed by atoms with Crippen LogP contribution in [-0.4, -0.2) is 28.8 Å². The summed E-state index contributed by atoms with van der Waals surface area (Å²) in [5.74, 6) is 0.287. The molecule has 20 heavy (non-hydrogen) atoms. The summed E-state index contributed by atoms with van der Waals surface area (Å²) in [5, 5.41) is 7.21. The molecule has 106 valence electrons. The number of nitrogens with one attached hydrogen (secondary N) is 1. The van der Waals surface area contributed by atoms with Gasteiger partial charge in [-0.2, -0.15) is 4.98 Å². The van der Waals surface area contributed by atoms with Crippen LogP contribution in [0.3, 0.4) is 0 Å². The van der Waals surface area contributed by atoms with Crippen LogP contribution in [0.4, 0.5) is 4.39 Å². The van der Waals surface area contributed by atoms with Crippen LogP contribution in [0.15, 0.2) is 22.7 Å². The van der Waals surface area contributed by atoms with Gasteiger partial charge in [0.05, 0.1) is 10.6 Å². The summed E-state index contributed by atoms with van der Waals surface area (Å²) in [4.78, 5) is 4.20. The topological polar surface area (TPSA) is 60.2 Å². The molecule has 2 aromatic rings. The first-order valence-electron chi connectivity index (χ1n) is 6.18. The third kappa shape index (κ3) is 2.67. The number of ether oxygens (including phenoxy) is 1. The van der Waals surface area contributed by atoms with Crippen molar-refractivity contribution in [3.8, 4) is 11.4 Å². The zero-order valence-electron chi connectivity index (χ0n) is 10.8. The molecule has 1 aliphatic rings. The zero-order valence-corrected chi connectivity index (χ0v) is 11.6. The number of benzene rings is 1. The predicted molar refractivity (Wildman–Crippen MR) is 70.8 cm³/mol. The summed E-state index contributed by atoms with van der Waals surface area (Å²) >= 11 is 5.95. The minimum Gasteiger partial charge on any atom is -0.363 e. The van der Waals surface area contributed by atoms with Gasteiger partial charge in [0.25, 0.3) is 5.89 Å². The summed E-state index contributed by atoms with van der Waals surface area (Å²) < 4.78 is 23.8. The smallest absolute Gasteiger partial charge is 0.252 e. The standard InChI is InChI=1S/C13H13ClFN3O2/c1-13(6-16-7-13)19-5-11-17-12(18-20-11)9-3-2-8(15)4-10(9)14/h2-4,16H,5-7H2,1H3. The zero-order chi connectivity index (χ0) is 14.2. The summed E-state index contributed by atoms with van der Waals surface area (Å²) in [6.45, 7) is 3.86. The number of nitrogens with zero attached hydrogens (tertiary/aromatic N) is 2. The molecule has 0 radical (unpaired) electrons. The highest BCUT2D eigenvalue weighted by Crippen LogP contribution is 2.26. The lowest BCUT2D eigenvalue weighted by molar-refractivity contribution is -0.0841. The van der Waals surface area contributed by atoms with Gasteiger partial charge in [-0.15, -0.1) is 0 Å². The van der Waals surface area contributed by atoms with Gasteiger partial charge in [0, 0.05) is 18.7 Å². The molecule has 3 rings (SSSR count). The van der Waals surface area contributed by atoms with Crippen molar-refractivity contribution in [2.24, 2.45) is 0 Å². The summed E-state index contributed by atoms with van der Waals surface area (Å²) in [6, 6.07) is 4.03. The number of hydrogen-bond acceptors (Lipinski definition) is 5. The minimum absolute atomic E-state index is 0.178. The largest absolute Gasteiger partial charge is 0.363 e. The molecule has 2 heterocycles. The van der Waals surface area contributed by atoms with Gasteiger partial charge >= 0.3 is 0 Å². The van der Waals surface area contributed by atoms with Crippen molar-refractivity contribution < 1.29 is 13.7 Å². The van der Waals surface area contributed by atoms with Crippen molar-refractivity contribution in [1.82, 2.24) is 15.5 Å². The van der Waals surface area contributed by atoms with Crippen LogP contribution in [0, 0.1) is 5.82 Å². The average Bonchev–Trinajstić information content (AvgIpc) is 2.82. The average molecular weight is 298 g/mol. The van der Waals surface area contributed by atoms with Crippen LogP contribution in [0.2, 0.25) is 5.02 Å². The molecule has 0 unspecified atom stereocenters. The number of halogens is 2. The van der Waals surface area contributed by atoms with E-state index in [1.807, 2.05) is 6.92 Å². The molecule has 0 saturated carbocycles. The van der Waals surface area contributed by atoms with Crippen LogP contribution in [-0.2, 0) is 11.3 Å². The monoisotopic (exact) mass is 297 g/mol. The van der Waals surface area contributed by atoms with Crippen molar-refractivity contribution in [2.45, 2.75) is 19.1 Å². The van der Waals surface area contributed by atoms with E-state index in [0.717, 1.165) is 13.1 Å². The fourth-order valence-corrected chi connectivity index (χ4v) is 2.16. The van der Waals surface area contributed by atoms with E-state index >= 15 is 0 Å². The Morgan fingerprint density at radius 3 is 2.95 bits per heavy atom. The van der Waals surface area contributed by atoms with Crippen LogP contribution in [0.1, 0.15) is 12.8 Å². The maximum atomic E-state index is 13.0. The van der Waals surface area contributed by atoms with E-state index in [-0.39, 0.29) is 17.2 Å². The normalized spacial score (nSPS) is 16.9. The van der Waals surface area contributed by atoms with E-state index in [1.165, 1.54) is 18.2 Å². The van der Waals surface area contributed by atoms with Crippen LogP contribution < -0.4 is 5.32 Å². The second-order valence-corrected chi connectivity index (χ2v) is 5.39. The Morgan fingerprint density at radius 2 is 2.30 bits per heavy atom. The molecular formula is C13H13ClFN3O2. The molecule has 1 saturated heterocycles. The highest BCUT2D eigenvalue weighted by atomic mass is 35.5. The molecule has 5 nitrogen and oxygen atoms in total. The first kappa shape index (κ1) is 13.5. The van der Waals surface area contributed by atoms with E-state index < -0.39 is 5.82 Å². The van der Waals surface area contributed by atoms with Gasteiger partial charge < -0.3 is 14.6 Å². The molecule has 0 amide bonds. The van der Waals surface area contributed by atoms with E-state index in [4.69, 9.17) is 20.9 Å². The van der Waals surface area contributed by atoms with E-state index in [9.17, 15) is 4.39 Å². The van der Waals surface area contributed by atoms with Gasteiger partial charge in [-0.25, -0.2) is 4.39 Å². The number of rotatable bonds is 4. The fraction of sp³-hybridized carbons (Fsp3) is 0.385. The molecule has 1 N–H and O–H groups in total. The molecule has 7 heteroatoms. The highest BCUT2D eigenvalue weighted by molar-refractivity contribution is 6.33. The first-order chi connectivity index (χ1) is 9.56. The summed E-state index contributed by atoms with van der Waals surface area (Å²) in [6.07, 6.45) is 0. The molecule has 1 fully saturated rings. The SMILES string of the molecule is CC1(OCc2nc(-c3ccc(F)cc3Cl)no2)CNC1. The Labute approximate surface area is 120 Å². The second-order valence-electron chi connectivity index (χ2n) is 4.98. The first-order valence-corrected chi connectivity index (χ1v) is 6.56. The van der Waals surface area contributed by atoms with E-state index in [0.29, 0.717) is 17.3 Å². The summed E-state index contributed by atoms with van der Waals surface area (Å²) in [5.41, 5.74) is 0.349. The lowest BCUT2D eigenvalue weighted by atomic mass is 10.0. The lowest BCUT2D eigenvalue weighted by Crippen LogP contribution is -2.58. The fourth-order valence-electron chi connectivity index (χ4n) is 1.91. The van der Waals surface area contributed by atoms with Crippen LogP contribution in [0.5, 0.6) is 0 Å². The predicted octanol–water partition coefficient (Wildman–Crippen LogP) is 2.41. The maximum absolute atomic E-state index is 13.0. The van der Waals surface area contributed by atoms with Crippen molar-refractivity contribution in [3.63, 3.8) is 0 Å². The van der Waals surface area contributed by atoms with Gasteiger partial charge in [0.2, 0.25) is 5.82 Å². The molecule has 0 atom stereocenters. The van der Waals surface area contributed by atoms with E-state index in [1.54, 1.807) is 0 Å². The summed E-state index contributed by atoms with van der Waals surface area (Å²) in [7, 11) is 0.